The second-order valence-electron chi connectivity index (χ2n) is 3.83. The number of esters is 2. The van der Waals surface area contributed by atoms with E-state index in [1.165, 1.54) is 24.3 Å². The Morgan fingerprint density at radius 1 is 1.24 bits per heavy atom. The van der Waals surface area contributed by atoms with E-state index in [9.17, 15) is 19.7 Å². The van der Waals surface area contributed by atoms with E-state index in [-0.39, 0.29) is 10.6 Å². The van der Waals surface area contributed by atoms with Crippen molar-refractivity contribution in [2.45, 2.75) is 6.10 Å². The largest absolute Gasteiger partial charge is 0.468 e. The van der Waals surface area contributed by atoms with Gasteiger partial charge >= 0.3 is 11.9 Å². The Kier molecular flexibility index (Phi) is 5.92. The molecule has 0 aliphatic heterocycles. The van der Waals surface area contributed by atoms with Gasteiger partial charge in [-0.15, -0.1) is 10.1 Å². The van der Waals surface area contributed by atoms with Crippen LogP contribution in [-0.4, -0.2) is 31.2 Å². The molecule has 0 amide bonds. The molecule has 114 valence electrons. The fraction of sp³-hybridized carbons (Fsp3) is 0.333. The molecule has 1 rings (SSSR count). The smallest absolute Gasteiger partial charge is 0.322 e. The number of benzene rings is 1. The third-order valence-electron chi connectivity index (χ3n) is 2.59. The molecule has 0 fully saturated rings. The average molecular weight is 318 g/mol. The summed E-state index contributed by atoms with van der Waals surface area (Å²) in [5, 5.41) is 9.80. The van der Waals surface area contributed by atoms with Gasteiger partial charge in [0.05, 0.1) is 14.2 Å². The summed E-state index contributed by atoms with van der Waals surface area (Å²) in [6, 6.07) is 5.80. The van der Waals surface area contributed by atoms with Crippen molar-refractivity contribution in [3.05, 3.63) is 45.0 Å². The summed E-state index contributed by atoms with van der Waals surface area (Å²) in [5.41, 5.74) is 0.167. The van der Waals surface area contributed by atoms with Gasteiger partial charge in [0, 0.05) is 5.02 Å². The highest BCUT2D eigenvalue weighted by Gasteiger charge is 2.40. The van der Waals surface area contributed by atoms with Crippen molar-refractivity contribution in [1.29, 1.82) is 0 Å². The maximum absolute atomic E-state index is 11.7. The van der Waals surface area contributed by atoms with Crippen molar-refractivity contribution in [3.63, 3.8) is 0 Å². The zero-order valence-corrected chi connectivity index (χ0v) is 11.9. The fourth-order valence-electron chi connectivity index (χ4n) is 1.69. The zero-order chi connectivity index (χ0) is 16.0. The Balaban J connectivity index is 3.29. The summed E-state index contributed by atoms with van der Waals surface area (Å²) < 4.78 is 8.95. The monoisotopic (exact) mass is 317 g/mol. The number of carbonyl (C=O) groups excluding carboxylic acids is 2. The van der Waals surface area contributed by atoms with Crippen LogP contribution in [-0.2, 0) is 23.9 Å². The van der Waals surface area contributed by atoms with Gasteiger partial charge in [0.1, 0.15) is 0 Å². The molecule has 0 saturated heterocycles. The van der Waals surface area contributed by atoms with Crippen LogP contribution in [0.1, 0.15) is 11.7 Å². The van der Waals surface area contributed by atoms with E-state index in [2.05, 4.69) is 14.3 Å². The summed E-state index contributed by atoms with van der Waals surface area (Å²) in [6.07, 6.45) is -1.53. The highest BCUT2D eigenvalue weighted by molar-refractivity contribution is 6.30. The van der Waals surface area contributed by atoms with Gasteiger partial charge in [-0.2, -0.15) is 0 Å². The molecule has 0 bridgehead atoms. The first-order valence-electron chi connectivity index (χ1n) is 5.63. The van der Waals surface area contributed by atoms with Gasteiger partial charge in [0.25, 0.3) is 5.09 Å². The highest BCUT2D eigenvalue weighted by Crippen LogP contribution is 2.30. The standard InChI is InChI=1S/C12H12ClNO7/c1-19-11(15)9(12(16)20-2)10(21-14(17)18)7-4-3-5-8(13)6-7/h3-6,9-10H,1-2H3. The highest BCUT2D eigenvalue weighted by atomic mass is 35.5. The number of halogens is 1. The lowest BCUT2D eigenvalue weighted by Gasteiger charge is -2.21. The van der Waals surface area contributed by atoms with Crippen molar-refractivity contribution in [2.75, 3.05) is 14.2 Å². The van der Waals surface area contributed by atoms with E-state index in [0.29, 0.717) is 0 Å². The SMILES string of the molecule is COC(=O)C(C(=O)OC)C(O[N+](=O)[O-])c1cccc(Cl)c1. The van der Waals surface area contributed by atoms with Crippen molar-refractivity contribution in [2.24, 2.45) is 5.92 Å². The van der Waals surface area contributed by atoms with Crippen LogP contribution in [0.15, 0.2) is 24.3 Å². The molecule has 21 heavy (non-hydrogen) atoms. The van der Waals surface area contributed by atoms with E-state index in [4.69, 9.17) is 11.6 Å². The number of nitrogens with zero attached hydrogens (tertiary/aromatic N) is 1. The van der Waals surface area contributed by atoms with Gasteiger partial charge in [-0.1, -0.05) is 23.7 Å². The van der Waals surface area contributed by atoms with Crippen LogP contribution < -0.4 is 0 Å². The number of hydrogen-bond acceptors (Lipinski definition) is 7. The predicted molar refractivity (Wildman–Crippen MR) is 69.8 cm³/mol. The Bertz CT molecular complexity index is 532. The Morgan fingerprint density at radius 3 is 2.24 bits per heavy atom. The molecule has 8 nitrogen and oxygen atoms in total. The Labute approximate surface area is 124 Å². The molecular weight excluding hydrogens is 306 g/mol. The van der Waals surface area contributed by atoms with Gasteiger partial charge in [0.15, 0.2) is 12.0 Å². The van der Waals surface area contributed by atoms with Gasteiger partial charge in [-0.05, 0) is 17.7 Å². The quantitative estimate of drug-likeness (QED) is 0.339. The van der Waals surface area contributed by atoms with E-state index >= 15 is 0 Å². The molecular formula is C12H12ClNO7. The number of carbonyl (C=O) groups is 2. The average Bonchev–Trinajstić information content (AvgIpc) is 2.45. The third-order valence-corrected chi connectivity index (χ3v) is 2.82. The summed E-state index contributed by atoms with van der Waals surface area (Å²) in [4.78, 5) is 38.6. The molecule has 0 spiro atoms. The van der Waals surface area contributed by atoms with E-state index in [1.54, 1.807) is 0 Å². The molecule has 0 heterocycles. The van der Waals surface area contributed by atoms with Crippen LogP contribution in [0.4, 0.5) is 0 Å². The lowest BCUT2D eigenvalue weighted by molar-refractivity contribution is -0.772. The van der Waals surface area contributed by atoms with Crippen molar-refractivity contribution >= 4 is 23.5 Å². The molecule has 1 unspecified atom stereocenters. The Hall–Kier alpha value is -2.35. The van der Waals surface area contributed by atoms with Gasteiger partial charge in [-0.3, -0.25) is 9.59 Å². The summed E-state index contributed by atoms with van der Waals surface area (Å²) in [6.45, 7) is 0. The molecule has 0 N–H and O–H groups in total. The summed E-state index contributed by atoms with van der Waals surface area (Å²) >= 11 is 5.80. The Morgan fingerprint density at radius 2 is 1.81 bits per heavy atom. The van der Waals surface area contributed by atoms with Crippen LogP contribution in [0.25, 0.3) is 0 Å². The van der Waals surface area contributed by atoms with Crippen molar-refractivity contribution in [1.82, 2.24) is 0 Å². The first kappa shape index (κ1) is 16.7. The first-order chi connectivity index (χ1) is 9.90. The van der Waals surface area contributed by atoms with Crippen LogP contribution in [0.5, 0.6) is 0 Å². The molecule has 0 radical (unpaired) electrons. The van der Waals surface area contributed by atoms with E-state index in [1.807, 2.05) is 0 Å². The van der Waals surface area contributed by atoms with Crippen LogP contribution in [0.2, 0.25) is 5.02 Å². The maximum atomic E-state index is 11.7. The van der Waals surface area contributed by atoms with E-state index in [0.717, 1.165) is 14.2 Å². The molecule has 1 atom stereocenters. The van der Waals surface area contributed by atoms with Gasteiger partial charge < -0.3 is 14.3 Å². The second kappa shape index (κ2) is 7.44. The number of rotatable bonds is 6. The minimum Gasteiger partial charge on any atom is -0.468 e. The molecule has 1 aromatic carbocycles. The van der Waals surface area contributed by atoms with Crippen LogP contribution in [0.3, 0.4) is 0 Å². The van der Waals surface area contributed by atoms with Gasteiger partial charge in [0.2, 0.25) is 0 Å². The van der Waals surface area contributed by atoms with Crippen LogP contribution in [0, 0.1) is 16.0 Å². The summed E-state index contributed by atoms with van der Waals surface area (Å²) in [7, 11) is 2.08. The first-order valence-corrected chi connectivity index (χ1v) is 6.00. The molecule has 0 aromatic heterocycles. The van der Waals surface area contributed by atoms with Crippen molar-refractivity contribution in [3.8, 4) is 0 Å². The van der Waals surface area contributed by atoms with Crippen LogP contribution >= 0.6 is 11.6 Å². The molecule has 0 aliphatic rings. The second-order valence-corrected chi connectivity index (χ2v) is 4.27. The maximum Gasteiger partial charge on any atom is 0.322 e. The number of hydrogen-bond donors (Lipinski definition) is 0. The molecule has 0 aliphatic carbocycles. The molecule has 9 heteroatoms. The van der Waals surface area contributed by atoms with Crippen molar-refractivity contribution < 1.29 is 29.0 Å². The number of ether oxygens (including phenoxy) is 2. The minimum atomic E-state index is -1.65. The topological polar surface area (TPSA) is 105 Å². The molecule has 1 aromatic rings. The van der Waals surface area contributed by atoms with E-state index < -0.39 is 29.0 Å². The zero-order valence-electron chi connectivity index (χ0n) is 11.1. The molecule has 0 saturated carbocycles. The predicted octanol–water partition coefficient (Wildman–Crippen LogP) is 1.55. The van der Waals surface area contributed by atoms with Gasteiger partial charge in [-0.25, -0.2) is 0 Å². The fourth-order valence-corrected chi connectivity index (χ4v) is 1.89. The third kappa shape index (κ3) is 4.32. The number of methoxy groups -OCH3 is 2. The normalized spacial score (nSPS) is 11.6. The lowest BCUT2D eigenvalue weighted by atomic mass is 9.95. The lowest BCUT2D eigenvalue weighted by Crippen LogP contribution is -2.34. The minimum absolute atomic E-state index is 0.167. The summed E-state index contributed by atoms with van der Waals surface area (Å²) in [5.74, 6) is -3.69.